The minimum Gasteiger partial charge on any atom is -0.869 e. The normalized spacial score (nSPS) is 10.8. The molecule has 0 aliphatic carbocycles. The number of carbonyl (C=O) groups is 2. The third-order valence-corrected chi connectivity index (χ3v) is 11.8. The van der Waals surface area contributed by atoms with Crippen LogP contribution in [-0.4, -0.2) is 43.8 Å². The molecule has 11 heteroatoms. The molecule has 0 atom stereocenters. The summed E-state index contributed by atoms with van der Waals surface area (Å²) in [7, 11) is 0. The zero-order chi connectivity index (χ0) is 52.9. The number of aryl methyl sites for hydroxylation is 4. The summed E-state index contributed by atoms with van der Waals surface area (Å²) >= 11 is 0. The monoisotopic (exact) mass is 1040 g/mol. The number of aromatic carboxylic acids is 2. The molecule has 0 saturated heterocycles. The van der Waals surface area contributed by atoms with Crippen LogP contribution in [-0.2, 0) is 42.2 Å². The minimum absolute atomic E-state index is 0. The maximum absolute atomic E-state index is 11.3. The number of carboxylic acid groups (broad SMARTS) is 2. The van der Waals surface area contributed by atoms with Gasteiger partial charge in [-0.05, 0) is 124 Å². The van der Waals surface area contributed by atoms with E-state index in [9.17, 15) is 19.8 Å². The molecule has 73 heavy (non-hydrogen) atoms. The molecule has 0 unspecified atom stereocenters. The van der Waals surface area contributed by atoms with E-state index in [2.05, 4.69) is 99.9 Å². The zero-order valence-corrected chi connectivity index (χ0v) is 45.5. The van der Waals surface area contributed by atoms with E-state index >= 15 is 0 Å². The molecule has 0 bridgehead atoms. The van der Waals surface area contributed by atoms with Crippen molar-refractivity contribution >= 4 is 34.7 Å². The minimum atomic E-state index is -1.28. The number of para-hydroxylation sites is 2. The van der Waals surface area contributed by atoms with Gasteiger partial charge in [-0.2, -0.15) is 0 Å². The Bertz CT molecular complexity index is 2370. The molecule has 0 aliphatic rings. The van der Waals surface area contributed by atoms with E-state index in [1.165, 1.54) is 85.3 Å². The van der Waals surface area contributed by atoms with E-state index < -0.39 is 34.9 Å². The number of aromatic hydroxyl groups is 2. The topological polar surface area (TPSA) is 186 Å². The number of aliphatic imine (C=N–C) groups is 2. The predicted molar refractivity (Wildman–Crippen MR) is 293 cm³/mol. The van der Waals surface area contributed by atoms with Gasteiger partial charge in [-0.15, -0.1) is 23.7 Å². The molecule has 4 aromatic rings. The fraction of sp³-hybridized carbons (Fsp3) is 0.484. The van der Waals surface area contributed by atoms with E-state index in [0.29, 0.717) is 24.0 Å². The summed E-state index contributed by atoms with van der Waals surface area (Å²) < 4.78 is 0. The molecule has 0 spiro atoms. The van der Waals surface area contributed by atoms with Crippen molar-refractivity contribution in [2.45, 2.75) is 196 Å². The first-order chi connectivity index (χ1) is 34.9. The van der Waals surface area contributed by atoms with Gasteiger partial charge in [0.05, 0.1) is 33.9 Å². The smallest absolute Gasteiger partial charge is 0.869 e. The summed E-state index contributed by atoms with van der Waals surface area (Å²) in [6, 6.07) is 22.9. The summed E-state index contributed by atoms with van der Waals surface area (Å²) in [6.45, 7) is 12.7. The van der Waals surface area contributed by atoms with Crippen molar-refractivity contribution in [2.75, 3.05) is 0 Å². The second-order valence-corrected chi connectivity index (χ2v) is 17.9. The van der Waals surface area contributed by atoms with Crippen LogP contribution in [0.2, 0.25) is 0 Å². The van der Waals surface area contributed by atoms with Gasteiger partial charge < -0.3 is 30.6 Å². The second kappa shape index (κ2) is 39.5. The molecule has 4 rings (SSSR count). The summed E-state index contributed by atoms with van der Waals surface area (Å²) in [5.41, 5.74) is 7.55. The fourth-order valence-electron chi connectivity index (χ4n) is 7.89. The standard InChI is InChI=1S/C42H60N2.2C10H12O4.Ni/c1-5-9-13-16-19-22-29-37-31-25-27-34-39(37)43-41(33-12-8-4)42(36-24-21-18-15-11-7-3)44-40-35-28-26-32-38(40)30-23-20-17-14-10-6-2;2*1-2-3-6-4-5-7(11)9(12)8(6)10(13)14;/h25-28,31-32,34-35H,5-12,15,18-24,29-30,33,36H2,1-4H3;2*4-5,11-12H,2-3H2,1H3,(H,13,14);/q;;;+2/p-2. The Morgan fingerprint density at radius 1 is 0.438 bits per heavy atom. The van der Waals surface area contributed by atoms with Crippen LogP contribution in [0.4, 0.5) is 11.4 Å². The van der Waals surface area contributed by atoms with E-state index in [-0.39, 0.29) is 27.6 Å². The van der Waals surface area contributed by atoms with E-state index in [1.807, 2.05) is 13.8 Å². The van der Waals surface area contributed by atoms with Crippen molar-refractivity contribution in [3.05, 3.63) is 106 Å². The quantitative estimate of drug-likeness (QED) is 0.0197. The number of hydrogen-bond acceptors (Lipinski definition) is 8. The van der Waals surface area contributed by atoms with E-state index in [4.69, 9.17) is 30.4 Å². The van der Waals surface area contributed by atoms with Gasteiger partial charge in [0.2, 0.25) is 0 Å². The molecule has 0 radical (unpaired) electrons. The number of phenols is 2. The molecule has 0 fully saturated rings. The Hall–Kier alpha value is -6.03. The number of rotatable bonds is 27. The van der Waals surface area contributed by atoms with Crippen LogP contribution < -0.4 is 10.2 Å². The first-order valence-corrected chi connectivity index (χ1v) is 26.6. The van der Waals surface area contributed by atoms with Gasteiger partial charge in [0, 0.05) is 25.7 Å². The van der Waals surface area contributed by atoms with Crippen molar-refractivity contribution in [3.63, 3.8) is 0 Å². The average molecular weight is 1040 g/mol. The zero-order valence-electron chi connectivity index (χ0n) is 44.5. The number of unbranched alkanes of at least 4 members (excludes halogenated alkanes) is 10. The summed E-state index contributed by atoms with van der Waals surface area (Å²) in [5.74, 6) is 8.10. The van der Waals surface area contributed by atoms with Gasteiger partial charge >= 0.3 is 28.4 Å². The molecule has 4 aromatic carbocycles. The summed E-state index contributed by atoms with van der Waals surface area (Å²) in [5, 5.41) is 58.3. The van der Waals surface area contributed by atoms with Crippen LogP contribution in [0, 0.1) is 23.7 Å². The molecule has 0 aromatic heterocycles. The maximum Gasteiger partial charge on any atom is 2.00 e. The first-order valence-electron chi connectivity index (χ1n) is 26.6. The van der Waals surface area contributed by atoms with Gasteiger partial charge in [0.15, 0.2) is 0 Å². The summed E-state index contributed by atoms with van der Waals surface area (Å²) in [4.78, 5) is 32.4. The Kier molecular flexibility index (Phi) is 35.2. The van der Waals surface area contributed by atoms with Crippen molar-refractivity contribution in [1.82, 2.24) is 0 Å². The van der Waals surface area contributed by atoms with Gasteiger partial charge in [0.25, 0.3) is 0 Å². The fourth-order valence-corrected chi connectivity index (χ4v) is 7.89. The predicted octanol–water partition coefficient (Wildman–Crippen LogP) is 15.0. The summed E-state index contributed by atoms with van der Waals surface area (Å²) in [6.07, 6.45) is 24.8. The van der Waals surface area contributed by atoms with Gasteiger partial charge in [0.1, 0.15) is 11.5 Å². The maximum atomic E-state index is 11.3. The van der Waals surface area contributed by atoms with Gasteiger partial charge in [-0.25, -0.2) is 9.59 Å². The second-order valence-electron chi connectivity index (χ2n) is 17.9. The van der Waals surface area contributed by atoms with E-state index in [0.717, 1.165) is 114 Å². The number of benzene rings is 4. The number of nitrogens with zero attached hydrogens (tertiary/aromatic N) is 2. The van der Waals surface area contributed by atoms with Crippen molar-refractivity contribution in [2.24, 2.45) is 9.98 Å². The third kappa shape index (κ3) is 25.0. The number of phenolic OH excluding ortho intramolecular Hbond substituents is 2. The molecule has 0 amide bonds. The molecule has 10 nitrogen and oxygen atoms in total. The molecule has 398 valence electrons. The third-order valence-electron chi connectivity index (χ3n) is 11.8. The van der Waals surface area contributed by atoms with Crippen LogP contribution in [0.1, 0.15) is 213 Å². The Balaban J connectivity index is 0.000000740. The molecular formula is C62H82N2NiO8. The van der Waals surface area contributed by atoms with Gasteiger partial charge in [-0.3, -0.25) is 9.98 Å². The van der Waals surface area contributed by atoms with Crippen LogP contribution in [0.25, 0.3) is 0 Å². The van der Waals surface area contributed by atoms with E-state index in [1.54, 1.807) is 0 Å². The molecule has 4 N–H and O–H groups in total. The molecule has 0 saturated carbocycles. The average Bonchev–Trinajstić information content (AvgIpc) is 3.36. The Morgan fingerprint density at radius 2 is 0.822 bits per heavy atom. The van der Waals surface area contributed by atoms with Crippen molar-refractivity contribution < 1.29 is 56.7 Å². The first kappa shape index (κ1) is 65.0. The van der Waals surface area contributed by atoms with Crippen LogP contribution in [0.3, 0.4) is 0 Å². The van der Waals surface area contributed by atoms with Crippen molar-refractivity contribution in [1.29, 1.82) is 0 Å². The van der Waals surface area contributed by atoms with Crippen molar-refractivity contribution in [3.8, 4) is 46.7 Å². The van der Waals surface area contributed by atoms with Crippen LogP contribution in [0.15, 0.2) is 82.8 Å². The van der Waals surface area contributed by atoms with Gasteiger partial charge in [-0.1, -0.05) is 153 Å². The Labute approximate surface area is 447 Å². The molecule has 0 heterocycles. The molecular weight excluding hydrogens is 959 g/mol. The van der Waals surface area contributed by atoms with Crippen LogP contribution in [0.5, 0.6) is 23.0 Å². The SMILES string of the molecule is CCCC#CCCCc1ccccc1N=C(CCCC)C(CCCCCCCC)=Nc1ccccc1CCCC#CCCC.CCCc1ccc(O)c([O-])c1C(=O)O.CCCc1ccc(O)c([O-])c1C(=O)O.[Ni+2]. The molecule has 0 aliphatic heterocycles. The number of carboxylic acids is 2. The largest absolute Gasteiger partial charge is 2.00 e. The van der Waals surface area contributed by atoms with Crippen LogP contribution >= 0.6 is 0 Å². The number of hydrogen-bond donors (Lipinski definition) is 4. The Morgan fingerprint density at radius 3 is 1.22 bits per heavy atom.